The van der Waals surface area contributed by atoms with Crippen molar-refractivity contribution in [2.75, 3.05) is 0 Å². The largest absolute Gasteiger partial charge is 0.421 e. The molecule has 0 aliphatic carbocycles. The Morgan fingerprint density at radius 1 is 1.60 bits per heavy atom. The molecule has 0 bridgehead atoms. The van der Waals surface area contributed by atoms with Gasteiger partial charge in [0.2, 0.25) is 0 Å². The quantitative estimate of drug-likeness (QED) is 0.559. The van der Waals surface area contributed by atoms with Crippen LogP contribution >= 0.6 is 0 Å². The first-order valence-electron chi connectivity index (χ1n) is 4.51. The van der Waals surface area contributed by atoms with E-state index < -0.39 is 5.97 Å². The molecule has 0 amide bonds. The molecule has 0 aliphatic rings. The summed E-state index contributed by atoms with van der Waals surface area (Å²) in [4.78, 5) is 15.4. The summed E-state index contributed by atoms with van der Waals surface area (Å²) in [6.45, 7) is 10.5. The van der Waals surface area contributed by atoms with Crippen LogP contribution in [0, 0.1) is 6.92 Å². The molecule has 1 aromatic heterocycles. The van der Waals surface area contributed by atoms with Gasteiger partial charge in [0.15, 0.2) is 5.75 Å². The number of hydrogen-bond acceptors (Lipinski definition) is 3. The zero-order chi connectivity index (χ0) is 11.4. The number of esters is 1. The van der Waals surface area contributed by atoms with Gasteiger partial charge in [-0.15, -0.1) is 0 Å². The van der Waals surface area contributed by atoms with Gasteiger partial charge in [-0.25, -0.2) is 4.79 Å². The summed E-state index contributed by atoms with van der Waals surface area (Å²) in [5.74, 6) is 0.00140. The molecule has 3 nitrogen and oxygen atoms in total. The predicted octanol–water partition coefficient (Wildman–Crippen LogP) is 2.51. The van der Waals surface area contributed by atoms with Gasteiger partial charge >= 0.3 is 5.97 Å². The minimum Gasteiger partial charge on any atom is -0.421 e. The highest BCUT2D eigenvalue weighted by molar-refractivity contribution is 5.88. The van der Waals surface area contributed by atoms with Gasteiger partial charge in [-0.05, 0) is 25.5 Å². The third kappa shape index (κ3) is 2.77. The number of ether oxygens (including phenoxy) is 1. The minimum atomic E-state index is -0.443. The van der Waals surface area contributed by atoms with E-state index in [1.54, 1.807) is 32.2 Å². The second-order valence-corrected chi connectivity index (χ2v) is 3.23. The van der Waals surface area contributed by atoms with Crippen LogP contribution in [-0.4, -0.2) is 11.0 Å². The summed E-state index contributed by atoms with van der Waals surface area (Å²) in [7, 11) is 0. The van der Waals surface area contributed by atoms with E-state index in [9.17, 15) is 4.79 Å². The Labute approximate surface area is 89.1 Å². The van der Waals surface area contributed by atoms with Crippen molar-refractivity contribution in [1.82, 2.24) is 4.98 Å². The van der Waals surface area contributed by atoms with Crippen LogP contribution in [0.4, 0.5) is 0 Å². The molecule has 78 valence electrons. The average Bonchev–Trinajstić information content (AvgIpc) is 2.21. The van der Waals surface area contributed by atoms with Crippen molar-refractivity contribution in [2.45, 2.75) is 13.8 Å². The highest BCUT2D eigenvalue weighted by atomic mass is 16.5. The molecule has 0 saturated carbocycles. The molecule has 3 heteroatoms. The van der Waals surface area contributed by atoms with Gasteiger partial charge < -0.3 is 4.74 Å². The molecule has 0 fully saturated rings. The topological polar surface area (TPSA) is 39.2 Å². The number of carbonyl (C=O) groups is 1. The Hall–Kier alpha value is -1.90. The van der Waals surface area contributed by atoms with Gasteiger partial charge in [0, 0.05) is 11.8 Å². The summed E-state index contributed by atoms with van der Waals surface area (Å²) < 4.78 is 5.10. The molecule has 0 radical (unpaired) electrons. The van der Waals surface area contributed by atoms with E-state index in [0.717, 1.165) is 5.56 Å². The molecular weight excluding hydrogens is 190 g/mol. The van der Waals surface area contributed by atoms with Gasteiger partial charge in [0.25, 0.3) is 0 Å². The van der Waals surface area contributed by atoms with E-state index in [0.29, 0.717) is 17.0 Å². The fourth-order valence-electron chi connectivity index (χ4n) is 0.930. The van der Waals surface area contributed by atoms with Crippen LogP contribution < -0.4 is 4.74 Å². The molecule has 1 aromatic rings. The molecule has 1 rings (SSSR count). The maximum atomic E-state index is 11.3. The molecule has 15 heavy (non-hydrogen) atoms. The molecule has 0 aromatic carbocycles. The van der Waals surface area contributed by atoms with E-state index in [-0.39, 0.29) is 0 Å². The van der Waals surface area contributed by atoms with Crippen molar-refractivity contribution < 1.29 is 9.53 Å². The zero-order valence-electron chi connectivity index (χ0n) is 8.91. The predicted molar refractivity (Wildman–Crippen MR) is 59.5 cm³/mol. The van der Waals surface area contributed by atoms with Gasteiger partial charge in [-0.1, -0.05) is 19.2 Å². The molecule has 0 unspecified atom stereocenters. The van der Waals surface area contributed by atoms with Crippen molar-refractivity contribution in [3.63, 3.8) is 0 Å². The summed E-state index contributed by atoms with van der Waals surface area (Å²) in [6, 6.07) is 1.72. The number of aryl methyl sites for hydroxylation is 1. The van der Waals surface area contributed by atoms with E-state index in [4.69, 9.17) is 4.74 Å². The second kappa shape index (κ2) is 4.55. The van der Waals surface area contributed by atoms with Crippen molar-refractivity contribution in [2.24, 2.45) is 0 Å². The number of hydrogen-bond donors (Lipinski definition) is 0. The Balaban J connectivity index is 2.98. The lowest BCUT2D eigenvalue weighted by molar-refractivity contribution is -0.130. The van der Waals surface area contributed by atoms with Gasteiger partial charge in [-0.2, -0.15) is 0 Å². The number of carbonyl (C=O) groups excluding carboxylic acids is 1. The van der Waals surface area contributed by atoms with Crippen LogP contribution in [0.15, 0.2) is 31.0 Å². The Morgan fingerprint density at radius 3 is 2.80 bits per heavy atom. The van der Waals surface area contributed by atoms with Crippen LogP contribution in [0.2, 0.25) is 0 Å². The zero-order valence-corrected chi connectivity index (χ0v) is 8.91. The number of nitrogens with zero attached hydrogens (tertiary/aromatic N) is 1. The Morgan fingerprint density at radius 2 is 2.27 bits per heavy atom. The Bertz CT molecular complexity index is 422. The first kappa shape index (κ1) is 11.2. The highest BCUT2D eigenvalue weighted by Gasteiger charge is 2.08. The molecule has 0 saturated heterocycles. The van der Waals surface area contributed by atoms with E-state index in [1.165, 1.54) is 0 Å². The maximum absolute atomic E-state index is 11.3. The molecule has 0 spiro atoms. The summed E-state index contributed by atoms with van der Waals surface area (Å²) in [6.07, 6.45) is 3.31. The lowest BCUT2D eigenvalue weighted by Crippen LogP contribution is -2.09. The van der Waals surface area contributed by atoms with Gasteiger partial charge in [-0.3, -0.25) is 4.98 Å². The lowest BCUT2D eigenvalue weighted by Gasteiger charge is -2.06. The fraction of sp³-hybridized carbons (Fsp3) is 0.167. The maximum Gasteiger partial charge on any atom is 0.338 e. The van der Waals surface area contributed by atoms with Gasteiger partial charge in [0.05, 0.1) is 5.69 Å². The van der Waals surface area contributed by atoms with Crippen LogP contribution in [0.5, 0.6) is 5.75 Å². The standard InChI is InChI=1S/C12H13NO2/c1-5-10-6-11(9(4)13-7-10)15-12(14)8(2)3/h5-7H,1-2H2,3-4H3. The molecule has 0 N–H and O–H groups in total. The fourth-order valence-corrected chi connectivity index (χ4v) is 0.930. The van der Waals surface area contributed by atoms with E-state index >= 15 is 0 Å². The van der Waals surface area contributed by atoms with Crippen LogP contribution in [0.3, 0.4) is 0 Å². The first-order chi connectivity index (χ1) is 7.04. The average molecular weight is 203 g/mol. The summed E-state index contributed by atoms with van der Waals surface area (Å²) in [5.41, 5.74) is 1.83. The summed E-state index contributed by atoms with van der Waals surface area (Å²) >= 11 is 0. The van der Waals surface area contributed by atoms with Crippen LogP contribution in [0.1, 0.15) is 18.2 Å². The number of aromatic nitrogens is 1. The number of pyridine rings is 1. The smallest absolute Gasteiger partial charge is 0.338 e. The van der Waals surface area contributed by atoms with Crippen molar-refractivity contribution in [3.8, 4) is 5.75 Å². The summed E-state index contributed by atoms with van der Waals surface area (Å²) in [5, 5.41) is 0. The van der Waals surface area contributed by atoms with E-state index in [2.05, 4.69) is 18.1 Å². The monoisotopic (exact) mass is 203 g/mol. The normalized spacial score (nSPS) is 9.47. The van der Waals surface area contributed by atoms with Crippen LogP contribution in [0.25, 0.3) is 6.08 Å². The SMILES string of the molecule is C=Cc1cnc(C)c(OC(=O)C(=C)C)c1. The third-order valence-corrected chi connectivity index (χ3v) is 1.85. The molecule has 0 aliphatic heterocycles. The van der Waals surface area contributed by atoms with Crippen molar-refractivity contribution in [3.05, 3.63) is 42.3 Å². The highest BCUT2D eigenvalue weighted by Crippen LogP contribution is 2.18. The number of rotatable bonds is 3. The third-order valence-electron chi connectivity index (χ3n) is 1.85. The lowest BCUT2D eigenvalue weighted by atomic mass is 10.2. The minimum absolute atomic E-state index is 0.360. The molecule has 0 atom stereocenters. The van der Waals surface area contributed by atoms with Crippen LogP contribution in [-0.2, 0) is 4.79 Å². The first-order valence-corrected chi connectivity index (χ1v) is 4.51. The molecule has 1 heterocycles. The van der Waals surface area contributed by atoms with Crippen molar-refractivity contribution in [1.29, 1.82) is 0 Å². The Kier molecular flexibility index (Phi) is 3.39. The van der Waals surface area contributed by atoms with E-state index in [1.807, 2.05) is 0 Å². The second-order valence-electron chi connectivity index (χ2n) is 3.23. The van der Waals surface area contributed by atoms with Crippen molar-refractivity contribution >= 4 is 12.0 Å². The van der Waals surface area contributed by atoms with Gasteiger partial charge in [0.1, 0.15) is 0 Å². The molecular formula is C12H13NO2.